The Hall–Kier alpha value is -1.57. The molecule has 0 saturated heterocycles. The van der Waals surface area contributed by atoms with Gasteiger partial charge in [-0.1, -0.05) is 37.3 Å². The summed E-state index contributed by atoms with van der Waals surface area (Å²) >= 11 is 1.26. The fourth-order valence-corrected chi connectivity index (χ4v) is 2.47. The monoisotopic (exact) mass is 344 g/mol. The molecule has 2 aromatic rings. The van der Waals surface area contributed by atoms with Gasteiger partial charge in [0.25, 0.3) is 0 Å². The van der Waals surface area contributed by atoms with E-state index in [0.717, 1.165) is 5.56 Å². The predicted molar refractivity (Wildman–Crippen MR) is 87.8 cm³/mol. The van der Waals surface area contributed by atoms with Crippen molar-refractivity contribution < 1.29 is 9.18 Å². The molecule has 5 nitrogen and oxygen atoms in total. The van der Waals surface area contributed by atoms with Crippen LogP contribution in [0.15, 0.2) is 24.3 Å². The van der Waals surface area contributed by atoms with E-state index in [1.165, 1.54) is 23.5 Å². The van der Waals surface area contributed by atoms with Gasteiger partial charge in [0.2, 0.25) is 11.0 Å². The molecule has 0 saturated carbocycles. The van der Waals surface area contributed by atoms with E-state index in [2.05, 4.69) is 15.5 Å². The van der Waals surface area contributed by atoms with Gasteiger partial charge in [-0.2, -0.15) is 0 Å². The molecule has 1 aromatic heterocycles. The van der Waals surface area contributed by atoms with Crippen molar-refractivity contribution >= 4 is 34.8 Å². The lowest BCUT2D eigenvalue weighted by Crippen LogP contribution is -2.39. The van der Waals surface area contributed by atoms with Crippen LogP contribution < -0.4 is 11.1 Å². The van der Waals surface area contributed by atoms with Gasteiger partial charge in [0.15, 0.2) is 0 Å². The van der Waals surface area contributed by atoms with Gasteiger partial charge in [-0.3, -0.25) is 10.1 Å². The zero-order valence-corrected chi connectivity index (χ0v) is 13.9. The van der Waals surface area contributed by atoms with E-state index in [-0.39, 0.29) is 30.0 Å². The summed E-state index contributed by atoms with van der Waals surface area (Å²) in [5.74, 6) is -0.517. The lowest BCUT2D eigenvalue weighted by Gasteiger charge is -2.13. The topological polar surface area (TPSA) is 80.9 Å². The normalized spacial score (nSPS) is 11.9. The number of amides is 1. The average Bonchev–Trinajstić information content (AvgIpc) is 2.84. The van der Waals surface area contributed by atoms with Gasteiger partial charge < -0.3 is 5.73 Å². The maximum atomic E-state index is 13.1. The quantitative estimate of drug-likeness (QED) is 0.873. The number of hydrogen-bond acceptors (Lipinski definition) is 5. The molecule has 0 aliphatic carbocycles. The van der Waals surface area contributed by atoms with Gasteiger partial charge >= 0.3 is 0 Å². The molecule has 0 aliphatic rings. The third-order valence-corrected chi connectivity index (χ3v) is 3.80. The van der Waals surface area contributed by atoms with Gasteiger partial charge in [-0.15, -0.1) is 22.6 Å². The first kappa shape index (κ1) is 18.5. The Morgan fingerprint density at radius 1 is 1.41 bits per heavy atom. The Morgan fingerprint density at radius 3 is 2.77 bits per heavy atom. The molecule has 1 amide bonds. The number of carbonyl (C=O) groups is 1. The number of nitrogens with two attached hydrogens (primary N) is 1. The van der Waals surface area contributed by atoms with E-state index < -0.39 is 6.04 Å². The summed E-state index contributed by atoms with van der Waals surface area (Å²) in [6.45, 7) is 3.75. The molecule has 0 bridgehead atoms. The molecule has 2 rings (SSSR count). The van der Waals surface area contributed by atoms with Crippen LogP contribution in [0.4, 0.5) is 9.52 Å². The molecule has 8 heteroatoms. The third kappa shape index (κ3) is 5.01. The standard InChI is InChI=1S/C14H17FN4OS.ClH/c1-8(2)12(16)13(20)17-14-19-18-11(21-14)7-9-4-3-5-10(15)6-9;/h3-6,8,12H,7,16H2,1-2H3,(H,17,19,20);1H/t12-;/m0./s1. The molecule has 120 valence electrons. The molecule has 0 fully saturated rings. The SMILES string of the molecule is CC(C)[C@H](N)C(=O)Nc1nnc(Cc2cccc(F)c2)s1.Cl. The minimum atomic E-state index is -0.583. The summed E-state index contributed by atoms with van der Waals surface area (Å²) in [6, 6.07) is 5.73. The average molecular weight is 345 g/mol. The van der Waals surface area contributed by atoms with Gasteiger partial charge in [-0.05, 0) is 23.6 Å². The second-order valence-electron chi connectivity index (χ2n) is 5.07. The van der Waals surface area contributed by atoms with Crippen LogP contribution in [-0.2, 0) is 11.2 Å². The summed E-state index contributed by atoms with van der Waals surface area (Å²) in [7, 11) is 0. The van der Waals surface area contributed by atoms with Crippen LogP contribution in [0.2, 0.25) is 0 Å². The summed E-state index contributed by atoms with van der Waals surface area (Å²) in [5, 5.41) is 11.6. The molecular weight excluding hydrogens is 327 g/mol. The van der Waals surface area contributed by atoms with E-state index >= 15 is 0 Å². The number of nitrogens with zero attached hydrogens (tertiary/aromatic N) is 2. The van der Waals surface area contributed by atoms with Crippen molar-refractivity contribution in [2.45, 2.75) is 26.3 Å². The van der Waals surface area contributed by atoms with Gasteiger partial charge in [0, 0.05) is 6.42 Å². The van der Waals surface area contributed by atoms with Gasteiger partial charge in [-0.25, -0.2) is 4.39 Å². The van der Waals surface area contributed by atoms with Crippen LogP contribution in [0, 0.1) is 11.7 Å². The molecule has 22 heavy (non-hydrogen) atoms. The van der Waals surface area contributed by atoms with Crippen molar-refractivity contribution in [2.24, 2.45) is 11.7 Å². The number of anilines is 1. The van der Waals surface area contributed by atoms with Crippen molar-refractivity contribution in [2.75, 3.05) is 5.32 Å². The molecule has 0 radical (unpaired) electrons. The molecule has 0 unspecified atom stereocenters. The maximum Gasteiger partial charge on any atom is 0.243 e. The van der Waals surface area contributed by atoms with E-state index in [0.29, 0.717) is 16.6 Å². The first-order valence-electron chi connectivity index (χ1n) is 6.59. The van der Waals surface area contributed by atoms with Crippen LogP contribution in [0.5, 0.6) is 0 Å². The molecule has 1 aromatic carbocycles. The molecular formula is C14H18ClFN4OS. The molecule has 0 spiro atoms. The summed E-state index contributed by atoms with van der Waals surface area (Å²) in [5.41, 5.74) is 6.57. The summed E-state index contributed by atoms with van der Waals surface area (Å²) < 4.78 is 13.1. The highest BCUT2D eigenvalue weighted by molar-refractivity contribution is 7.15. The molecule has 3 N–H and O–H groups in total. The zero-order valence-electron chi connectivity index (χ0n) is 12.2. The van der Waals surface area contributed by atoms with Gasteiger partial charge in [0.1, 0.15) is 10.8 Å². The Kier molecular flexibility index (Phi) is 6.86. The third-order valence-electron chi connectivity index (χ3n) is 2.96. The van der Waals surface area contributed by atoms with Crippen LogP contribution >= 0.6 is 23.7 Å². The lowest BCUT2D eigenvalue weighted by molar-refractivity contribution is -0.118. The van der Waals surface area contributed by atoms with Crippen molar-refractivity contribution in [1.82, 2.24) is 10.2 Å². The minimum Gasteiger partial charge on any atom is -0.320 e. The Morgan fingerprint density at radius 2 is 2.14 bits per heavy atom. The highest BCUT2D eigenvalue weighted by atomic mass is 35.5. The maximum absolute atomic E-state index is 13.1. The number of hydrogen-bond donors (Lipinski definition) is 2. The fraction of sp³-hybridized carbons (Fsp3) is 0.357. The number of halogens is 2. The van der Waals surface area contributed by atoms with Crippen LogP contribution in [0.1, 0.15) is 24.4 Å². The largest absolute Gasteiger partial charge is 0.320 e. The molecule has 0 aliphatic heterocycles. The van der Waals surface area contributed by atoms with Crippen molar-refractivity contribution in [3.63, 3.8) is 0 Å². The number of carbonyl (C=O) groups excluding carboxylic acids is 1. The first-order valence-corrected chi connectivity index (χ1v) is 7.40. The van der Waals surface area contributed by atoms with Gasteiger partial charge in [0.05, 0.1) is 6.04 Å². The fourth-order valence-electron chi connectivity index (χ4n) is 1.69. The first-order chi connectivity index (χ1) is 9.95. The highest BCUT2D eigenvalue weighted by Gasteiger charge is 2.18. The number of rotatable bonds is 5. The van der Waals surface area contributed by atoms with E-state index in [1.807, 2.05) is 19.9 Å². The Balaban J connectivity index is 0.00000242. The van der Waals surface area contributed by atoms with Crippen LogP contribution in [-0.4, -0.2) is 22.1 Å². The minimum absolute atomic E-state index is 0. The van der Waals surface area contributed by atoms with Crippen molar-refractivity contribution in [3.8, 4) is 0 Å². The second kappa shape index (κ2) is 8.17. The van der Waals surface area contributed by atoms with Crippen molar-refractivity contribution in [1.29, 1.82) is 0 Å². The lowest BCUT2D eigenvalue weighted by atomic mass is 10.1. The predicted octanol–water partition coefficient (Wildman–Crippen LogP) is 2.61. The van der Waals surface area contributed by atoms with Crippen molar-refractivity contribution in [3.05, 3.63) is 40.7 Å². The summed E-state index contributed by atoms with van der Waals surface area (Å²) in [4.78, 5) is 11.8. The number of aromatic nitrogens is 2. The van der Waals surface area contributed by atoms with Crippen LogP contribution in [0.3, 0.4) is 0 Å². The smallest absolute Gasteiger partial charge is 0.243 e. The highest BCUT2D eigenvalue weighted by Crippen LogP contribution is 2.19. The zero-order chi connectivity index (χ0) is 15.4. The van der Waals surface area contributed by atoms with E-state index in [1.54, 1.807) is 6.07 Å². The van der Waals surface area contributed by atoms with E-state index in [9.17, 15) is 9.18 Å². The number of benzene rings is 1. The Bertz CT molecular complexity index is 635. The van der Waals surface area contributed by atoms with Crippen LogP contribution in [0.25, 0.3) is 0 Å². The Labute approximate surface area is 138 Å². The van der Waals surface area contributed by atoms with E-state index in [4.69, 9.17) is 5.73 Å². The summed E-state index contributed by atoms with van der Waals surface area (Å²) in [6.07, 6.45) is 0.474. The molecule has 1 atom stereocenters. The molecule has 1 heterocycles. The second-order valence-corrected chi connectivity index (χ2v) is 6.13. The number of nitrogens with one attached hydrogen (secondary N) is 1.